The third kappa shape index (κ3) is 2.31. The molecule has 23 heavy (non-hydrogen) atoms. The summed E-state index contributed by atoms with van der Waals surface area (Å²) in [7, 11) is 0. The molecule has 124 valence electrons. The Bertz CT molecular complexity index is 700. The summed E-state index contributed by atoms with van der Waals surface area (Å²) in [6, 6.07) is 1.71. The van der Waals surface area contributed by atoms with Crippen LogP contribution in [0.5, 0.6) is 11.5 Å². The fourth-order valence-corrected chi connectivity index (χ4v) is 4.43. The first kappa shape index (κ1) is 15.9. The second kappa shape index (κ2) is 5.27. The normalized spacial score (nSPS) is 29.8. The molecule has 2 aliphatic heterocycles. The standard InChI is InChI=1S/C14H15FN2O5S/c15-8-6(1-2-7(18)10(8)19)3-14(13(21)22)4-17-11(20)9(16)12(17)23-5-14/h1-2,9,12,18-19H,3-5,16H2,(H,21,22)/t9?,12-,14?/m1/s1. The second-order valence-electron chi connectivity index (χ2n) is 5.86. The molecule has 2 fully saturated rings. The lowest BCUT2D eigenvalue weighted by Gasteiger charge is -2.52. The van der Waals surface area contributed by atoms with Crippen LogP contribution in [-0.4, -0.2) is 55.8 Å². The van der Waals surface area contributed by atoms with Crippen LogP contribution in [0.1, 0.15) is 5.56 Å². The number of aromatic hydroxyl groups is 2. The quantitative estimate of drug-likeness (QED) is 0.453. The van der Waals surface area contributed by atoms with Gasteiger partial charge in [0.05, 0.1) is 5.41 Å². The lowest BCUT2D eigenvalue weighted by molar-refractivity contribution is -0.156. The highest BCUT2D eigenvalue weighted by molar-refractivity contribution is 8.00. The lowest BCUT2D eigenvalue weighted by Crippen LogP contribution is -2.72. The van der Waals surface area contributed by atoms with Crippen LogP contribution in [0.3, 0.4) is 0 Å². The van der Waals surface area contributed by atoms with Crippen LogP contribution in [0.4, 0.5) is 4.39 Å². The summed E-state index contributed by atoms with van der Waals surface area (Å²) in [5.41, 5.74) is 4.27. The van der Waals surface area contributed by atoms with Gasteiger partial charge in [-0.25, -0.2) is 4.39 Å². The highest BCUT2D eigenvalue weighted by atomic mass is 32.2. The van der Waals surface area contributed by atoms with Gasteiger partial charge >= 0.3 is 5.97 Å². The molecule has 0 radical (unpaired) electrons. The van der Waals surface area contributed by atoms with Gasteiger partial charge in [0.25, 0.3) is 0 Å². The van der Waals surface area contributed by atoms with E-state index in [1.807, 2.05) is 0 Å². The topological polar surface area (TPSA) is 124 Å². The fraction of sp³-hybridized carbons (Fsp3) is 0.429. The summed E-state index contributed by atoms with van der Waals surface area (Å²) in [5.74, 6) is -3.87. The number of carbonyl (C=O) groups excluding carboxylic acids is 1. The molecule has 5 N–H and O–H groups in total. The van der Waals surface area contributed by atoms with Crippen molar-refractivity contribution in [2.24, 2.45) is 11.1 Å². The number of carbonyl (C=O) groups is 2. The molecule has 2 unspecified atom stereocenters. The molecule has 0 spiro atoms. The summed E-state index contributed by atoms with van der Waals surface area (Å²) >= 11 is 1.26. The van der Waals surface area contributed by atoms with Crippen LogP contribution in [0.15, 0.2) is 12.1 Å². The van der Waals surface area contributed by atoms with Gasteiger partial charge < -0.3 is 26.0 Å². The number of thioether (sulfide) groups is 1. The van der Waals surface area contributed by atoms with Crippen LogP contribution in [0, 0.1) is 11.2 Å². The van der Waals surface area contributed by atoms with Gasteiger partial charge in [0.15, 0.2) is 17.3 Å². The van der Waals surface area contributed by atoms with E-state index in [1.165, 1.54) is 22.7 Å². The van der Waals surface area contributed by atoms with Crippen molar-refractivity contribution >= 4 is 23.6 Å². The van der Waals surface area contributed by atoms with Crippen molar-refractivity contribution in [3.63, 3.8) is 0 Å². The van der Waals surface area contributed by atoms with E-state index in [1.54, 1.807) is 0 Å². The van der Waals surface area contributed by atoms with Crippen molar-refractivity contribution in [3.8, 4) is 11.5 Å². The Morgan fingerprint density at radius 3 is 2.83 bits per heavy atom. The molecule has 0 aliphatic carbocycles. The largest absolute Gasteiger partial charge is 0.504 e. The van der Waals surface area contributed by atoms with Gasteiger partial charge in [-0.15, -0.1) is 11.8 Å². The van der Waals surface area contributed by atoms with Crippen molar-refractivity contribution in [1.82, 2.24) is 4.90 Å². The predicted octanol–water partition coefficient (Wildman–Crippen LogP) is 0.0928. The number of phenolic OH excluding ortho intramolecular Hbond substituents is 2. The van der Waals surface area contributed by atoms with Gasteiger partial charge in [-0.1, -0.05) is 6.07 Å². The number of carboxylic acids is 1. The predicted molar refractivity (Wildman–Crippen MR) is 79.4 cm³/mol. The number of rotatable bonds is 3. The van der Waals surface area contributed by atoms with Crippen LogP contribution in [0.2, 0.25) is 0 Å². The maximum absolute atomic E-state index is 14.1. The van der Waals surface area contributed by atoms with Crippen molar-refractivity contribution in [1.29, 1.82) is 0 Å². The first-order chi connectivity index (χ1) is 10.8. The third-order valence-corrected chi connectivity index (χ3v) is 5.95. The molecule has 0 saturated carbocycles. The number of carboxylic acid groups (broad SMARTS) is 1. The van der Waals surface area contributed by atoms with E-state index in [4.69, 9.17) is 5.73 Å². The average molecular weight is 342 g/mol. The Labute approximate surface area is 134 Å². The van der Waals surface area contributed by atoms with Crippen molar-refractivity contribution in [2.75, 3.05) is 12.3 Å². The van der Waals surface area contributed by atoms with Gasteiger partial charge in [0, 0.05) is 12.3 Å². The van der Waals surface area contributed by atoms with E-state index in [-0.39, 0.29) is 35.6 Å². The molecule has 9 heteroatoms. The Morgan fingerprint density at radius 1 is 1.48 bits per heavy atom. The average Bonchev–Trinajstić information content (AvgIpc) is 2.54. The van der Waals surface area contributed by atoms with Crippen LogP contribution < -0.4 is 5.73 Å². The fourth-order valence-electron chi connectivity index (χ4n) is 2.94. The number of amides is 1. The minimum absolute atomic E-state index is 0.0287. The highest BCUT2D eigenvalue weighted by Crippen LogP contribution is 2.44. The van der Waals surface area contributed by atoms with Gasteiger partial charge in [-0.3, -0.25) is 9.59 Å². The molecule has 1 aromatic rings. The summed E-state index contributed by atoms with van der Waals surface area (Å²) in [5, 5.41) is 28.1. The summed E-state index contributed by atoms with van der Waals surface area (Å²) < 4.78 is 14.1. The lowest BCUT2D eigenvalue weighted by atomic mass is 9.81. The number of aliphatic carboxylic acids is 1. The molecule has 2 saturated heterocycles. The van der Waals surface area contributed by atoms with E-state index in [2.05, 4.69) is 0 Å². The number of halogens is 1. The molecule has 2 aliphatic rings. The Morgan fingerprint density at radius 2 is 2.17 bits per heavy atom. The zero-order valence-corrected chi connectivity index (χ0v) is 12.7. The minimum Gasteiger partial charge on any atom is -0.504 e. The number of fused-ring (bicyclic) bond motifs is 1. The molecule has 0 bridgehead atoms. The van der Waals surface area contributed by atoms with Gasteiger partial charge in [0.2, 0.25) is 5.91 Å². The molecule has 0 aromatic heterocycles. The van der Waals surface area contributed by atoms with Gasteiger partial charge in [-0.2, -0.15) is 0 Å². The smallest absolute Gasteiger partial charge is 0.312 e. The molecular formula is C14H15FN2O5S. The Balaban J connectivity index is 1.90. The van der Waals surface area contributed by atoms with E-state index < -0.39 is 34.7 Å². The maximum atomic E-state index is 14.1. The number of hydrogen-bond acceptors (Lipinski definition) is 6. The number of β-lactam (4-membered cyclic amide) rings is 1. The Hall–Kier alpha value is -2.00. The van der Waals surface area contributed by atoms with Crippen LogP contribution in [-0.2, 0) is 16.0 Å². The molecule has 7 nitrogen and oxygen atoms in total. The van der Waals surface area contributed by atoms with E-state index in [0.717, 1.165) is 6.07 Å². The molecule has 3 rings (SSSR count). The maximum Gasteiger partial charge on any atom is 0.312 e. The number of nitrogens with two attached hydrogens (primary N) is 1. The second-order valence-corrected chi connectivity index (χ2v) is 6.97. The first-order valence-corrected chi connectivity index (χ1v) is 7.92. The zero-order valence-electron chi connectivity index (χ0n) is 11.9. The van der Waals surface area contributed by atoms with Crippen LogP contribution in [0.25, 0.3) is 0 Å². The van der Waals surface area contributed by atoms with Crippen LogP contribution >= 0.6 is 11.8 Å². The number of hydrogen-bond donors (Lipinski definition) is 4. The van der Waals surface area contributed by atoms with Gasteiger partial charge in [-0.05, 0) is 18.1 Å². The van der Waals surface area contributed by atoms with Crippen molar-refractivity contribution in [3.05, 3.63) is 23.5 Å². The molecule has 1 amide bonds. The zero-order chi connectivity index (χ0) is 16.9. The Kier molecular flexibility index (Phi) is 3.64. The minimum atomic E-state index is -1.37. The van der Waals surface area contributed by atoms with E-state index >= 15 is 0 Å². The third-order valence-electron chi connectivity index (χ3n) is 4.34. The van der Waals surface area contributed by atoms with Gasteiger partial charge in [0.1, 0.15) is 11.4 Å². The summed E-state index contributed by atoms with van der Waals surface area (Å²) in [4.78, 5) is 25.0. The van der Waals surface area contributed by atoms with E-state index in [0.29, 0.717) is 0 Å². The van der Waals surface area contributed by atoms with Crippen molar-refractivity contribution in [2.45, 2.75) is 17.8 Å². The molecule has 1 aromatic carbocycles. The molecule has 3 atom stereocenters. The van der Waals surface area contributed by atoms with E-state index in [9.17, 15) is 29.3 Å². The summed E-state index contributed by atoms with van der Waals surface area (Å²) in [6.45, 7) is -0.0619. The number of phenols is 2. The first-order valence-electron chi connectivity index (χ1n) is 6.87. The monoisotopic (exact) mass is 342 g/mol. The SMILES string of the molecule is NC1C(=O)N2CC(Cc3ccc(O)c(O)c3F)(C(=O)O)CS[C@H]12. The number of nitrogens with zero attached hydrogens (tertiary/aromatic N) is 1. The van der Waals surface area contributed by atoms with Crippen molar-refractivity contribution < 1.29 is 29.3 Å². The highest BCUT2D eigenvalue weighted by Gasteiger charge is 2.55. The molecule has 2 heterocycles. The molecular weight excluding hydrogens is 327 g/mol. The number of benzene rings is 1. The summed E-state index contributed by atoms with van der Waals surface area (Å²) in [6.07, 6.45) is -0.208.